The van der Waals surface area contributed by atoms with Crippen LogP contribution < -0.4 is 0.604 Å². The molecular formula is C28H27NO8Ra. The molecule has 0 fully saturated rings. The molecule has 3 aliphatic rings. The molecule has 6 atom stereocenters. The molecule has 0 saturated heterocycles. The molecule has 194 valence electrons. The summed E-state index contributed by atoms with van der Waals surface area (Å²) in [5.74, 6) is -8.26. The Morgan fingerprint density at radius 2 is 1.66 bits per heavy atom. The van der Waals surface area contributed by atoms with E-state index < -0.39 is 75.5 Å². The maximum absolute atomic E-state index is 13.8. The van der Waals surface area contributed by atoms with Crippen molar-refractivity contribution in [3.63, 3.8) is 0 Å². The van der Waals surface area contributed by atoms with Gasteiger partial charge in [0.15, 0.2) is 0 Å². The van der Waals surface area contributed by atoms with E-state index in [1.807, 2.05) is 24.3 Å². The second-order valence-electron chi connectivity index (χ2n) is 10.6. The number of ketones is 3. The first-order valence-electron chi connectivity index (χ1n) is 12.3. The monoisotopic (exact) mass is 731 g/mol. The number of fused-ring (bicyclic) bond motifs is 3. The molecule has 0 unspecified atom stereocenters. The van der Waals surface area contributed by atoms with Gasteiger partial charge in [0.25, 0.3) is 0 Å². The first-order chi connectivity index (χ1) is 17.8. The zero-order valence-electron chi connectivity index (χ0n) is 21.3. The van der Waals surface area contributed by atoms with Crippen LogP contribution in [0, 0.1) is 54.6 Å². The number of nitrogens with zero attached hydrogens (tertiary/aromatic N) is 1. The summed E-state index contributed by atoms with van der Waals surface area (Å²) in [6.45, 7) is 1.05. The molecule has 3 aliphatic carbocycles. The summed E-state index contributed by atoms with van der Waals surface area (Å²) >= 11 is 0.0764. The van der Waals surface area contributed by atoms with E-state index in [0.29, 0.717) is 11.1 Å². The topological polar surface area (TPSA) is 156 Å². The number of carbonyl (C=O) groups excluding carboxylic acids is 3. The number of phenols is 1. The van der Waals surface area contributed by atoms with Crippen molar-refractivity contribution in [1.29, 1.82) is 0 Å². The van der Waals surface area contributed by atoms with Gasteiger partial charge in [-0.2, -0.15) is 0 Å². The van der Waals surface area contributed by atoms with Crippen molar-refractivity contribution in [2.24, 2.45) is 11.8 Å². The SMILES string of the molecule is CC(=O)C1=C(O)[C@@H](N(C)C)[C@@H]2[C@@H](O)[C@H]3C(=C(O)[C@]2(O)C1=O)C(=O)c1c(O)cccc1[C@@H]3c1cc[c]([RaH])cc1. The number of Topliss-reactive ketones (excluding diaryl/α,β-unsaturated/α-hetero) is 3. The van der Waals surface area contributed by atoms with Crippen LogP contribution in [0.1, 0.15) is 34.3 Å². The fourth-order valence-corrected chi connectivity index (χ4v) is 7.91. The third kappa shape index (κ3) is 3.62. The minimum absolute atomic E-state index is 0.0764. The molecule has 9 nitrogen and oxygen atoms in total. The van der Waals surface area contributed by atoms with Gasteiger partial charge in [0.05, 0.1) is 0 Å². The number of aliphatic hydroxyl groups is 4. The summed E-state index contributed by atoms with van der Waals surface area (Å²) in [7, 11) is 3.09. The first-order valence-corrected chi connectivity index (χ1v) is 16.4. The average molecular weight is 732 g/mol. The predicted octanol–water partition coefficient (Wildman–Crippen LogP) is 0.691. The number of rotatable bonds is 3. The van der Waals surface area contributed by atoms with Crippen molar-refractivity contribution < 1.29 is 82.7 Å². The maximum atomic E-state index is 13.8. The summed E-state index contributed by atoms with van der Waals surface area (Å²) in [6.07, 6.45) is -1.62. The van der Waals surface area contributed by atoms with Crippen LogP contribution in [0.25, 0.3) is 0 Å². The number of aliphatic hydroxyl groups excluding tert-OH is 3. The third-order valence-corrected chi connectivity index (χ3v) is 10.9. The van der Waals surface area contributed by atoms with E-state index in [9.17, 15) is 39.9 Å². The summed E-state index contributed by atoms with van der Waals surface area (Å²) in [6, 6.07) is 11.0. The molecule has 0 spiro atoms. The standard InChI is InChI=1S/C28H26NO8.Ra.H/c1-12(30)16-25(34)22(29(2)3)21-24(33)19-17(13-8-5-4-6-9-13)14-10-7-11-15(31)18(14)23(32)20(19)27(36)28(21,37)26(16)35;;/h5-11,17,19,21-22,24,31,33-34,36-37H,1-3H3;;/t17-,19+,21+,22-,24-,28+;;/m0../s1. The Morgan fingerprint density at radius 1 is 1.03 bits per heavy atom. The van der Waals surface area contributed by atoms with Gasteiger partial charge >= 0.3 is 238 Å². The Labute approximate surface area is 247 Å². The molecule has 10 heteroatoms. The summed E-state index contributed by atoms with van der Waals surface area (Å²) in [5.41, 5.74) is -2.92. The summed E-state index contributed by atoms with van der Waals surface area (Å²) < 4.78 is 1.19. The molecule has 5 rings (SSSR count). The third-order valence-electron chi connectivity index (χ3n) is 8.20. The summed E-state index contributed by atoms with van der Waals surface area (Å²) in [4.78, 5) is 41.2. The van der Waals surface area contributed by atoms with Crippen LogP contribution in [-0.4, -0.2) is 79.6 Å². The van der Waals surface area contributed by atoms with E-state index in [-0.39, 0.29) is 54.1 Å². The molecule has 5 N–H and O–H groups in total. The van der Waals surface area contributed by atoms with Gasteiger partial charge in [0.1, 0.15) is 0 Å². The Kier molecular flexibility index (Phi) is 6.74. The second kappa shape index (κ2) is 9.40. The van der Waals surface area contributed by atoms with Gasteiger partial charge in [-0.1, -0.05) is 0 Å². The van der Waals surface area contributed by atoms with Crippen molar-refractivity contribution in [2.45, 2.75) is 30.6 Å². The first kappa shape index (κ1) is 27.3. The van der Waals surface area contributed by atoms with E-state index in [1.54, 1.807) is 26.2 Å². The van der Waals surface area contributed by atoms with Gasteiger partial charge in [-0.25, -0.2) is 0 Å². The normalized spacial score (nSPS) is 30.7. The Hall–Kier alpha value is -2.32. The van der Waals surface area contributed by atoms with E-state index in [4.69, 9.17) is 0 Å². The number of hydrogen-bond acceptors (Lipinski definition) is 9. The van der Waals surface area contributed by atoms with Crippen LogP contribution in [0.4, 0.5) is 0 Å². The summed E-state index contributed by atoms with van der Waals surface area (Å²) in [5, 5.41) is 57.2. The van der Waals surface area contributed by atoms with Crippen molar-refractivity contribution in [1.82, 2.24) is 4.90 Å². The zero-order valence-corrected chi connectivity index (χ0v) is 29.6. The van der Waals surface area contributed by atoms with Crippen LogP contribution in [0.5, 0.6) is 5.75 Å². The van der Waals surface area contributed by atoms with Gasteiger partial charge in [-0.15, -0.1) is 0 Å². The number of carbonyl (C=O) groups is 3. The number of benzene rings is 2. The quantitative estimate of drug-likeness (QED) is 0.287. The van der Waals surface area contributed by atoms with Crippen LogP contribution >= 0.6 is 0 Å². The zero-order chi connectivity index (χ0) is 27.8. The second-order valence-corrected chi connectivity index (χ2v) is 15.3. The molecule has 0 heterocycles. The molecular weight excluding hydrogens is 704 g/mol. The minimum atomic E-state index is -2.86. The van der Waals surface area contributed by atoms with Crippen LogP contribution in [0.3, 0.4) is 0 Å². The van der Waals surface area contributed by atoms with Gasteiger partial charge in [0.2, 0.25) is 0 Å². The molecule has 2 aromatic rings. The van der Waals surface area contributed by atoms with Gasteiger partial charge in [0, 0.05) is 0 Å². The molecule has 0 aromatic heterocycles. The van der Waals surface area contributed by atoms with Crippen molar-refractivity contribution >= 4 is 18.0 Å². The number of likely N-dealkylation sites (N-methyl/N-ethyl adjacent to an activating group) is 1. The fraction of sp³-hybridized carbons (Fsp3) is 0.321. The number of aromatic hydroxyl groups is 1. The van der Waals surface area contributed by atoms with Gasteiger partial charge in [-0.3, -0.25) is 4.79 Å². The van der Waals surface area contributed by atoms with Crippen LogP contribution in [0.15, 0.2) is 65.1 Å². The predicted molar refractivity (Wildman–Crippen MR) is 132 cm³/mol. The van der Waals surface area contributed by atoms with Crippen LogP contribution in [0.2, 0.25) is 0 Å². The van der Waals surface area contributed by atoms with Gasteiger partial charge in [-0.05, 0) is 6.92 Å². The van der Waals surface area contributed by atoms with Crippen molar-refractivity contribution in [3.05, 3.63) is 81.8 Å². The molecule has 0 aliphatic heterocycles. The molecule has 2 aromatic carbocycles. The van der Waals surface area contributed by atoms with E-state index >= 15 is 0 Å². The Bertz CT molecular complexity index is 1460. The Balaban J connectivity index is 1.87. The molecule has 0 bridgehead atoms. The van der Waals surface area contributed by atoms with E-state index in [1.165, 1.54) is 11.6 Å². The fourth-order valence-electron chi connectivity index (χ4n) is 6.54. The van der Waals surface area contributed by atoms with E-state index in [2.05, 4.69) is 0 Å². The molecule has 38 heavy (non-hydrogen) atoms. The molecule has 0 amide bonds. The molecule has 0 saturated carbocycles. The van der Waals surface area contributed by atoms with Gasteiger partial charge < -0.3 is 0 Å². The number of phenolic OH excluding ortho intramolecular Hbond substituents is 1. The van der Waals surface area contributed by atoms with E-state index in [0.717, 1.165) is 6.92 Å². The number of hydrogen-bond donors (Lipinski definition) is 5. The van der Waals surface area contributed by atoms with Crippen LogP contribution in [-0.2, 0) is 9.59 Å². The molecule has 0 radical (unpaired) electrons. The van der Waals surface area contributed by atoms with Crippen molar-refractivity contribution in [3.8, 4) is 5.75 Å². The Morgan fingerprint density at radius 3 is 2.24 bits per heavy atom. The average Bonchev–Trinajstić information content (AvgIpc) is 2.84. The van der Waals surface area contributed by atoms with Crippen molar-refractivity contribution in [2.75, 3.05) is 14.1 Å².